The number of carbonyl (C=O) groups excluding carboxylic acids is 1. The number of ether oxygens (including phenoxy) is 1. The lowest BCUT2D eigenvalue weighted by Gasteiger charge is -2.13. The Balaban J connectivity index is 1.60. The fourth-order valence-electron chi connectivity index (χ4n) is 3.06. The highest BCUT2D eigenvalue weighted by Crippen LogP contribution is 2.37. The van der Waals surface area contributed by atoms with Crippen LogP contribution in [0.25, 0.3) is 6.08 Å². The van der Waals surface area contributed by atoms with Crippen molar-refractivity contribution in [2.75, 3.05) is 7.11 Å². The van der Waals surface area contributed by atoms with Gasteiger partial charge in [0, 0.05) is 3.57 Å². The van der Waals surface area contributed by atoms with Crippen molar-refractivity contribution in [3.05, 3.63) is 83.8 Å². The summed E-state index contributed by atoms with van der Waals surface area (Å²) in [6.07, 6.45) is 1.69. The molecule has 0 bridgehead atoms. The van der Waals surface area contributed by atoms with Crippen molar-refractivity contribution in [3.63, 3.8) is 0 Å². The summed E-state index contributed by atoms with van der Waals surface area (Å²) in [6, 6.07) is 17.4. The monoisotopic (exact) mass is 732 g/mol. The predicted octanol–water partition coefficient (Wildman–Crippen LogP) is 5.87. The van der Waals surface area contributed by atoms with E-state index in [-0.39, 0.29) is 22.3 Å². The van der Waals surface area contributed by atoms with Crippen molar-refractivity contribution in [1.82, 2.24) is 5.32 Å². The van der Waals surface area contributed by atoms with Crippen LogP contribution in [-0.2, 0) is 14.9 Å². The van der Waals surface area contributed by atoms with E-state index in [0.29, 0.717) is 19.2 Å². The van der Waals surface area contributed by atoms with Gasteiger partial charge in [-0.05, 0) is 118 Å². The van der Waals surface area contributed by atoms with E-state index >= 15 is 0 Å². The van der Waals surface area contributed by atoms with E-state index in [2.05, 4.69) is 32.9 Å². The number of aliphatic imine (C=N–C) groups is 1. The summed E-state index contributed by atoms with van der Waals surface area (Å²) < 4.78 is 38.0. The smallest absolute Gasteiger partial charge is 0.339 e. The number of aryl methyl sites for hydroxylation is 1. The quantitative estimate of drug-likeness (QED) is 0.194. The van der Waals surface area contributed by atoms with Gasteiger partial charge in [-0.1, -0.05) is 23.8 Å². The van der Waals surface area contributed by atoms with Crippen molar-refractivity contribution >= 4 is 89.9 Å². The number of hydrogen-bond donors (Lipinski definition) is 1. The van der Waals surface area contributed by atoms with E-state index in [4.69, 9.17) is 8.92 Å². The van der Waals surface area contributed by atoms with Crippen LogP contribution in [0.1, 0.15) is 11.1 Å². The number of thioether (sulfide) groups is 1. The number of amidine groups is 1. The molecule has 0 atom stereocenters. The largest absolute Gasteiger partial charge is 0.493 e. The fourth-order valence-corrected chi connectivity index (χ4v) is 6.27. The number of benzene rings is 3. The molecule has 11 heteroatoms. The minimum atomic E-state index is -4.05. The van der Waals surface area contributed by atoms with Crippen molar-refractivity contribution in [1.29, 1.82) is 0 Å². The average Bonchev–Trinajstić information content (AvgIpc) is 3.14. The Bertz CT molecular complexity index is 1470. The summed E-state index contributed by atoms with van der Waals surface area (Å²) in [6.45, 7) is 1.87. The van der Waals surface area contributed by atoms with Gasteiger partial charge in [-0.15, -0.1) is 0 Å². The Morgan fingerprint density at radius 3 is 2.49 bits per heavy atom. The first kappa shape index (κ1) is 26.0. The lowest BCUT2D eigenvalue weighted by molar-refractivity contribution is -0.115. The summed E-state index contributed by atoms with van der Waals surface area (Å²) in [5.74, 6) is 0.0477. The zero-order valence-corrected chi connectivity index (χ0v) is 24.4. The maximum Gasteiger partial charge on any atom is 0.339 e. The molecule has 0 saturated carbocycles. The first-order valence-electron chi connectivity index (χ1n) is 10.1. The molecule has 0 aromatic heterocycles. The van der Waals surface area contributed by atoms with Crippen molar-refractivity contribution in [2.45, 2.75) is 11.8 Å². The van der Waals surface area contributed by atoms with E-state index in [1.807, 2.05) is 53.8 Å². The minimum Gasteiger partial charge on any atom is -0.493 e. The van der Waals surface area contributed by atoms with Gasteiger partial charge in [0.05, 0.1) is 21.3 Å². The lowest BCUT2D eigenvalue weighted by atomic mass is 10.2. The molecule has 1 N–H and O–H groups in total. The molecule has 0 radical (unpaired) electrons. The van der Waals surface area contributed by atoms with Crippen LogP contribution in [0, 0.1) is 14.1 Å². The molecule has 3 aromatic carbocycles. The SMILES string of the molecule is COc1cc(/C=C2/SC(=Nc3cccc(I)c3)NC2=O)cc(I)c1OS(=O)(=O)c1ccc(C)cc1. The van der Waals surface area contributed by atoms with Crippen molar-refractivity contribution < 1.29 is 22.1 Å². The van der Waals surface area contributed by atoms with E-state index in [1.54, 1.807) is 30.3 Å². The summed E-state index contributed by atoms with van der Waals surface area (Å²) in [5.41, 5.74) is 2.34. The molecular weight excluding hydrogens is 714 g/mol. The summed E-state index contributed by atoms with van der Waals surface area (Å²) in [4.78, 5) is 17.5. The number of methoxy groups -OCH3 is 1. The normalized spacial score (nSPS) is 15.9. The van der Waals surface area contributed by atoms with Gasteiger partial charge in [0.2, 0.25) is 0 Å². The topological polar surface area (TPSA) is 94.1 Å². The molecule has 180 valence electrons. The van der Waals surface area contributed by atoms with Gasteiger partial charge in [0.15, 0.2) is 16.7 Å². The van der Waals surface area contributed by atoms with Gasteiger partial charge in [0.1, 0.15) is 4.90 Å². The molecule has 35 heavy (non-hydrogen) atoms. The second-order valence-electron chi connectivity index (χ2n) is 7.35. The van der Waals surface area contributed by atoms with Gasteiger partial charge in [-0.25, -0.2) is 4.99 Å². The number of halogens is 2. The van der Waals surface area contributed by atoms with Crippen molar-refractivity contribution in [3.8, 4) is 11.5 Å². The third-order valence-corrected chi connectivity index (χ3v) is 8.36. The van der Waals surface area contributed by atoms with Crippen LogP contribution in [0.3, 0.4) is 0 Å². The predicted molar refractivity (Wildman–Crippen MR) is 155 cm³/mol. The van der Waals surface area contributed by atoms with E-state index in [0.717, 1.165) is 14.8 Å². The van der Waals surface area contributed by atoms with Crippen LogP contribution >= 0.6 is 56.9 Å². The Morgan fingerprint density at radius 1 is 1.06 bits per heavy atom. The van der Waals surface area contributed by atoms with Gasteiger partial charge >= 0.3 is 10.1 Å². The molecule has 1 saturated heterocycles. The third-order valence-electron chi connectivity index (χ3n) is 4.74. The number of carbonyl (C=O) groups is 1. The molecule has 1 fully saturated rings. The number of nitrogens with one attached hydrogen (secondary N) is 1. The molecule has 1 aliphatic heterocycles. The first-order chi connectivity index (χ1) is 16.6. The molecule has 1 amide bonds. The van der Waals surface area contributed by atoms with Crippen LogP contribution in [0.2, 0.25) is 0 Å². The second kappa shape index (κ2) is 10.9. The lowest BCUT2D eigenvalue weighted by Crippen LogP contribution is -2.19. The van der Waals surface area contributed by atoms with Crippen LogP contribution in [-0.4, -0.2) is 26.6 Å². The van der Waals surface area contributed by atoms with Gasteiger partial charge < -0.3 is 14.2 Å². The highest BCUT2D eigenvalue weighted by molar-refractivity contribution is 14.1. The third kappa shape index (κ3) is 6.37. The molecular formula is C24H18I2N2O5S2. The summed E-state index contributed by atoms with van der Waals surface area (Å²) in [7, 11) is -2.63. The molecule has 0 spiro atoms. The summed E-state index contributed by atoms with van der Waals surface area (Å²) >= 11 is 5.41. The van der Waals surface area contributed by atoms with Crippen molar-refractivity contribution in [2.24, 2.45) is 4.99 Å². The minimum absolute atomic E-state index is 0.0473. The summed E-state index contributed by atoms with van der Waals surface area (Å²) in [5, 5.41) is 3.25. The zero-order chi connectivity index (χ0) is 25.2. The molecule has 3 aromatic rings. The van der Waals surface area contributed by atoms with Gasteiger partial charge in [-0.2, -0.15) is 8.42 Å². The van der Waals surface area contributed by atoms with E-state index < -0.39 is 10.1 Å². The number of amides is 1. The molecule has 0 aliphatic carbocycles. The zero-order valence-electron chi connectivity index (χ0n) is 18.4. The van der Waals surface area contributed by atoms with Gasteiger partial charge in [0.25, 0.3) is 5.91 Å². The van der Waals surface area contributed by atoms with E-state index in [1.165, 1.54) is 31.0 Å². The Kier molecular flexibility index (Phi) is 8.08. The molecule has 1 aliphatic rings. The molecule has 7 nitrogen and oxygen atoms in total. The maximum atomic E-state index is 12.8. The Labute approximate surface area is 234 Å². The van der Waals surface area contributed by atoms with Crippen LogP contribution in [0.4, 0.5) is 5.69 Å². The van der Waals surface area contributed by atoms with E-state index in [9.17, 15) is 13.2 Å². The number of rotatable bonds is 6. The highest BCUT2D eigenvalue weighted by atomic mass is 127. The molecule has 1 heterocycles. The maximum absolute atomic E-state index is 12.8. The highest BCUT2D eigenvalue weighted by Gasteiger charge is 2.25. The number of nitrogens with zero attached hydrogens (tertiary/aromatic N) is 1. The molecule has 4 rings (SSSR count). The van der Waals surface area contributed by atoms with Gasteiger partial charge in [-0.3, -0.25) is 4.79 Å². The Morgan fingerprint density at radius 2 is 1.80 bits per heavy atom. The second-order valence-corrected chi connectivity index (χ2v) is 12.3. The standard InChI is InChI=1S/C24H18I2N2O5S2/c1-14-6-8-18(9-7-14)35(30,31)33-22-19(26)10-15(11-20(22)32-2)12-21-23(29)28-24(34-21)27-17-5-3-4-16(25)13-17/h3-13H,1-2H3,(H,27,28,29)/b21-12+. The molecule has 0 unspecified atom stereocenters. The number of hydrogen-bond acceptors (Lipinski definition) is 7. The average molecular weight is 732 g/mol. The van der Waals surface area contributed by atoms with Crippen LogP contribution < -0.4 is 14.2 Å². The van der Waals surface area contributed by atoms with Crippen LogP contribution in [0.5, 0.6) is 11.5 Å². The fraction of sp³-hybridized carbons (Fsp3) is 0.0833. The first-order valence-corrected chi connectivity index (χ1v) is 14.5. The Hall–Kier alpha value is -2.10. The van der Waals surface area contributed by atoms with Crippen LogP contribution in [0.15, 0.2) is 75.5 Å².